The molecule has 0 saturated carbocycles. The van der Waals surface area contributed by atoms with Gasteiger partial charge in [-0.1, -0.05) is 60.7 Å². The molecule has 4 aromatic rings. The van der Waals surface area contributed by atoms with E-state index in [0.29, 0.717) is 22.6 Å². The maximum Gasteiger partial charge on any atom is 0.258 e. The topological polar surface area (TPSA) is 74.8 Å². The number of carbonyl (C=O) groups is 2. The van der Waals surface area contributed by atoms with Crippen molar-refractivity contribution in [2.75, 3.05) is 5.32 Å². The average Bonchev–Trinajstić information content (AvgIpc) is 3.10. The lowest BCUT2D eigenvalue weighted by molar-refractivity contribution is 0.0996. The van der Waals surface area contributed by atoms with E-state index in [9.17, 15) is 9.59 Å². The van der Waals surface area contributed by atoms with Crippen LogP contribution >= 0.6 is 0 Å². The first-order valence-corrected chi connectivity index (χ1v) is 8.17. The number of aromatic amines is 1. The van der Waals surface area contributed by atoms with E-state index >= 15 is 0 Å². The molecule has 0 radical (unpaired) electrons. The van der Waals surface area contributed by atoms with Gasteiger partial charge in [0.1, 0.15) is 0 Å². The molecule has 0 atom stereocenters. The maximum atomic E-state index is 12.8. The Kier molecular flexibility index (Phi) is 4.03. The normalized spacial score (nSPS) is 10.6. The number of nitrogens with one attached hydrogen (secondary N) is 2. The molecule has 0 aliphatic carbocycles. The van der Waals surface area contributed by atoms with Crippen molar-refractivity contribution in [1.82, 2.24) is 9.97 Å². The summed E-state index contributed by atoms with van der Waals surface area (Å²) in [6, 6.07) is 23.2. The highest BCUT2D eigenvalue weighted by Crippen LogP contribution is 2.18. The SMILES string of the molecule is O=C(Nc1nc2ccccc2[nH]1)c1ccccc1C(=O)c1ccccc1. The number of anilines is 1. The molecule has 0 fully saturated rings. The number of rotatable bonds is 4. The fourth-order valence-electron chi connectivity index (χ4n) is 2.81. The molecule has 5 heteroatoms. The molecule has 0 unspecified atom stereocenters. The summed E-state index contributed by atoms with van der Waals surface area (Å²) in [6.07, 6.45) is 0. The Balaban J connectivity index is 1.65. The predicted molar refractivity (Wildman–Crippen MR) is 100 cm³/mol. The molecule has 2 N–H and O–H groups in total. The zero-order chi connectivity index (χ0) is 17.9. The molecular formula is C21H15N3O2. The van der Waals surface area contributed by atoms with Crippen molar-refractivity contribution < 1.29 is 9.59 Å². The van der Waals surface area contributed by atoms with Crippen LogP contribution in [0.15, 0.2) is 78.9 Å². The Labute approximate surface area is 149 Å². The minimum absolute atomic E-state index is 0.194. The number of amides is 1. The van der Waals surface area contributed by atoms with Crippen molar-refractivity contribution in [1.29, 1.82) is 0 Å². The number of hydrogen-bond acceptors (Lipinski definition) is 3. The number of fused-ring (bicyclic) bond motifs is 1. The van der Waals surface area contributed by atoms with Gasteiger partial charge in [-0.2, -0.15) is 0 Å². The Bertz CT molecular complexity index is 1070. The number of H-pyrrole nitrogens is 1. The van der Waals surface area contributed by atoms with Crippen molar-refractivity contribution in [3.8, 4) is 0 Å². The van der Waals surface area contributed by atoms with Crippen LogP contribution in [0.25, 0.3) is 11.0 Å². The number of nitrogens with zero attached hydrogens (tertiary/aromatic N) is 1. The van der Waals surface area contributed by atoms with E-state index < -0.39 is 0 Å². The van der Waals surface area contributed by atoms with Crippen LogP contribution in [0.1, 0.15) is 26.3 Å². The van der Waals surface area contributed by atoms with Crippen LogP contribution in [0, 0.1) is 0 Å². The smallest absolute Gasteiger partial charge is 0.258 e. The van der Waals surface area contributed by atoms with Crippen LogP contribution in [0.2, 0.25) is 0 Å². The van der Waals surface area contributed by atoms with Gasteiger partial charge < -0.3 is 4.98 Å². The summed E-state index contributed by atoms with van der Waals surface area (Å²) in [4.78, 5) is 32.9. The second-order valence-corrected chi connectivity index (χ2v) is 5.80. The highest BCUT2D eigenvalue weighted by molar-refractivity contribution is 6.17. The molecule has 0 bridgehead atoms. The molecule has 26 heavy (non-hydrogen) atoms. The van der Waals surface area contributed by atoms with Gasteiger partial charge >= 0.3 is 0 Å². The van der Waals surface area contributed by atoms with Gasteiger partial charge in [-0.15, -0.1) is 0 Å². The lowest BCUT2D eigenvalue weighted by Crippen LogP contribution is -2.17. The molecule has 0 aliphatic rings. The fourth-order valence-corrected chi connectivity index (χ4v) is 2.81. The number of hydrogen-bond donors (Lipinski definition) is 2. The first-order valence-electron chi connectivity index (χ1n) is 8.17. The highest BCUT2D eigenvalue weighted by atomic mass is 16.2. The third-order valence-corrected chi connectivity index (χ3v) is 4.07. The summed E-state index contributed by atoms with van der Waals surface area (Å²) in [5.74, 6) is -0.233. The minimum Gasteiger partial charge on any atom is -0.324 e. The van der Waals surface area contributed by atoms with Crippen LogP contribution in [0.3, 0.4) is 0 Å². The summed E-state index contributed by atoms with van der Waals surface area (Å²) in [5, 5.41) is 2.74. The first kappa shape index (κ1) is 15.8. The van der Waals surface area contributed by atoms with E-state index in [1.165, 1.54) is 0 Å². The van der Waals surface area contributed by atoms with E-state index in [-0.39, 0.29) is 11.7 Å². The monoisotopic (exact) mass is 341 g/mol. The van der Waals surface area contributed by atoms with Gasteiger partial charge in [0.25, 0.3) is 5.91 Å². The maximum absolute atomic E-state index is 12.8. The van der Waals surface area contributed by atoms with Gasteiger partial charge in [0, 0.05) is 11.1 Å². The number of carbonyl (C=O) groups excluding carboxylic acids is 2. The third-order valence-electron chi connectivity index (χ3n) is 4.07. The number of aromatic nitrogens is 2. The molecule has 3 aromatic carbocycles. The second-order valence-electron chi connectivity index (χ2n) is 5.80. The van der Waals surface area contributed by atoms with Gasteiger partial charge in [0.2, 0.25) is 5.95 Å². The van der Waals surface area contributed by atoms with Crippen molar-refractivity contribution in [3.05, 3.63) is 95.6 Å². The Morgan fingerprint density at radius 2 is 1.42 bits per heavy atom. The van der Waals surface area contributed by atoms with Crippen molar-refractivity contribution in [2.45, 2.75) is 0 Å². The number of ketones is 1. The third kappa shape index (κ3) is 2.98. The number of imidazole rings is 1. The molecular weight excluding hydrogens is 326 g/mol. The molecule has 1 amide bonds. The fraction of sp³-hybridized carbons (Fsp3) is 0. The standard InChI is InChI=1S/C21H15N3O2/c25-19(14-8-2-1-3-9-14)15-10-4-5-11-16(15)20(26)24-21-22-17-12-6-7-13-18(17)23-21/h1-13H,(H2,22,23,24,26). The molecule has 1 aromatic heterocycles. The zero-order valence-electron chi connectivity index (χ0n) is 13.8. The Morgan fingerprint density at radius 3 is 2.19 bits per heavy atom. The average molecular weight is 341 g/mol. The summed E-state index contributed by atoms with van der Waals surface area (Å²) in [5.41, 5.74) is 2.79. The van der Waals surface area contributed by atoms with Crippen molar-refractivity contribution in [3.63, 3.8) is 0 Å². The van der Waals surface area contributed by atoms with E-state index in [1.54, 1.807) is 48.5 Å². The molecule has 0 spiro atoms. The van der Waals surface area contributed by atoms with Gasteiger partial charge in [-0.3, -0.25) is 14.9 Å². The lowest BCUT2D eigenvalue weighted by atomic mass is 9.98. The van der Waals surface area contributed by atoms with E-state index in [0.717, 1.165) is 11.0 Å². The van der Waals surface area contributed by atoms with Crippen molar-refractivity contribution >= 4 is 28.7 Å². The van der Waals surface area contributed by atoms with Gasteiger partial charge in [0.15, 0.2) is 5.78 Å². The second kappa shape index (κ2) is 6.64. The van der Waals surface area contributed by atoms with Crippen LogP contribution in [0.5, 0.6) is 0 Å². The van der Waals surface area contributed by atoms with Gasteiger partial charge in [-0.25, -0.2) is 4.98 Å². The van der Waals surface area contributed by atoms with E-state index in [4.69, 9.17) is 0 Å². The summed E-state index contributed by atoms with van der Waals surface area (Å²) in [6.45, 7) is 0. The molecule has 126 valence electrons. The minimum atomic E-state index is -0.385. The number of benzene rings is 3. The zero-order valence-corrected chi connectivity index (χ0v) is 13.8. The van der Waals surface area contributed by atoms with Crippen LogP contribution in [-0.4, -0.2) is 21.7 Å². The van der Waals surface area contributed by atoms with Crippen LogP contribution in [-0.2, 0) is 0 Å². The van der Waals surface area contributed by atoms with Gasteiger partial charge in [0.05, 0.1) is 16.6 Å². The lowest BCUT2D eigenvalue weighted by Gasteiger charge is -2.08. The van der Waals surface area contributed by atoms with Gasteiger partial charge in [-0.05, 0) is 18.2 Å². The molecule has 4 rings (SSSR count). The largest absolute Gasteiger partial charge is 0.324 e. The Hall–Kier alpha value is -3.73. The van der Waals surface area contributed by atoms with E-state index in [2.05, 4.69) is 15.3 Å². The molecule has 5 nitrogen and oxygen atoms in total. The quantitative estimate of drug-likeness (QED) is 0.550. The summed E-state index contributed by atoms with van der Waals surface area (Å²) < 4.78 is 0. The Morgan fingerprint density at radius 1 is 0.769 bits per heavy atom. The summed E-state index contributed by atoms with van der Waals surface area (Å²) in [7, 11) is 0. The van der Waals surface area contributed by atoms with Crippen molar-refractivity contribution in [2.24, 2.45) is 0 Å². The van der Waals surface area contributed by atoms with Crippen LogP contribution in [0.4, 0.5) is 5.95 Å². The van der Waals surface area contributed by atoms with E-state index in [1.807, 2.05) is 30.3 Å². The summed E-state index contributed by atoms with van der Waals surface area (Å²) >= 11 is 0. The number of para-hydroxylation sites is 2. The predicted octanol–water partition coefficient (Wildman–Crippen LogP) is 4.05. The highest BCUT2D eigenvalue weighted by Gasteiger charge is 2.18. The molecule has 0 aliphatic heterocycles. The van der Waals surface area contributed by atoms with Crippen LogP contribution < -0.4 is 5.32 Å². The first-order chi connectivity index (χ1) is 12.7. The molecule has 0 saturated heterocycles. The molecule has 1 heterocycles.